The summed E-state index contributed by atoms with van der Waals surface area (Å²) in [5.41, 5.74) is 11.7. The van der Waals surface area contributed by atoms with Crippen LogP contribution in [0.1, 0.15) is 31.4 Å². The van der Waals surface area contributed by atoms with E-state index in [1.165, 1.54) is 19.3 Å². The lowest BCUT2D eigenvalue weighted by molar-refractivity contribution is 0.217. The predicted octanol–water partition coefficient (Wildman–Crippen LogP) is 2.39. The van der Waals surface area contributed by atoms with Crippen molar-refractivity contribution in [2.75, 3.05) is 26.2 Å². The number of aliphatic imine (C=N–C) groups is 1. The summed E-state index contributed by atoms with van der Waals surface area (Å²) in [5.74, 6) is 0.521. The van der Waals surface area contributed by atoms with Crippen LogP contribution in [0.3, 0.4) is 0 Å². The van der Waals surface area contributed by atoms with Gasteiger partial charge >= 0.3 is 0 Å². The number of nitrogens with zero attached hydrogens (tertiary/aromatic N) is 3. The molecule has 0 spiro atoms. The average Bonchev–Trinajstić information content (AvgIpc) is 2.55. The molecule has 0 aliphatic carbocycles. The van der Waals surface area contributed by atoms with Crippen molar-refractivity contribution in [2.45, 2.75) is 32.2 Å². The molecule has 10 heteroatoms. The summed E-state index contributed by atoms with van der Waals surface area (Å²) in [7, 11) is 0. The molecule has 0 atom stereocenters. The van der Waals surface area contributed by atoms with Crippen LogP contribution in [0.15, 0.2) is 23.2 Å². The van der Waals surface area contributed by atoms with Crippen LogP contribution < -0.4 is 16.2 Å². The molecule has 7 nitrogen and oxygen atoms in total. The Morgan fingerprint density at radius 3 is 2.50 bits per heavy atom. The number of amidine groups is 2. The molecule has 0 unspecified atom stereocenters. The Bertz CT molecular complexity index is 553. The molecule has 2 rings (SSSR count). The molecule has 1 saturated heterocycles. The lowest BCUT2D eigenvalue weighted by Crippen LogP contribution is -2.30. The van der Waals surface area contributed by atoms with Crippen LogP contribution in [0.5, 0.6) is 5.88 Å². The normalized spacial score (nSPS) is 14.4. The third-order valence-electron chi connectivity index (χ3n) is 3.73. The van der Waals surface area contributed by atoms with Crippen molar-refractivity contribution in [3.8, 4) is 5.88 Å². The standard InChI is InChI=1S/C16H26N6O.3ClH/c17-15(18)16(19)20-8-5-11-23-14-7-4-6-13(21-14)12-22-9-2-1-3-10-22;;;/h4,6-7H,1-3,5,8-12H2,(H3,17,18)(H2,19,20);3*1H. The van der Waals surface area contributed by atoms with Gasteiger partial charge in [-0.3, -0.25) is 15.3 Å². The smallest absolute Gasteiger partial charge is 0.213 e. The summed E-state index contributed by atoms with van der Waals surface area (Å²) in [6.45, 7) is 4.19. The number of hydrogen-bond acceptors (Lipinski definition) is 5. The molecule has 1 aromatic rings. The van der Waals surface area contributed by atoms with Crippen LogP contribution >= 0.6 is 37.2 Å². The van der Waals surface area contributed by atoms with Crippen molar-refractivity contribution in [1.82, 2.24) is 9.88 Å². The fourth-order valence-electron chi connectivity index (χ4n) is 2.50. The molecule has 0 saturated carbocycles. The van der Waals surface area contributed by atoms with E-state index < -0.39 is 0 Å². The molecular weight excluding hydrogens is 399 g/mol. The molecular formula is C16H29Cl3N6O. The third kappa shape index (κ3) is 10.0. The highest BCUT2D eigenvalue weighted by molar-refractivity contribution is 6.37. The summed E-state index contributed by atoms with van der Waals surface area (Å²) in [6, 6.07) is 5.89. The molecule has 5 N–H and O–H groups in total. The molecule has 150 valence electrons. The number of piperidine rings is 1. The van der Waals surface area contributed by atoms with E-state index >= 15 is 0 Å². The number of hydrogen-bond donors (Lipinski definition) is 3. The van der Waals surface area contributed by atoms with Gasteiger partial charge in [-0.15, -0.1) is 37.2 Å². The molecule has 0 radical (unpaired) electrons. The van der Waals surface area contributed by atoms with Gasteiger partial charge in [-0.1, -0.05) is 12.5 Å². The van der Waals surface area contributed by atoms with E-state index in [-0.39, 0.29) is 48.9 Å². The fraction of sp³-hybridized carbons (Fsp3) is 0.562. The molecule has 1 fully saturated rings. The quantitative estimate of drug-likeness (QED) is 0.351. The number of pyridine rings is 1. The second-order valence-electron chi connectivity index (χ2n) is 5.69. The Kier molecular flexibility index (Phi) is 15.4. The Hall–Kier alpha value is -1.28. The second kappa shape index (κ2) is 14.8. The summed E-state index contributed by atoms with van der Waals surface area (Å²) in [5, 5.41) is 7.12. The van der Waals surface area contributed by atoms with Crippen molar-refractivity contribution >= 4 is 48.9 Å². The largest absolute Gasteiger partial charge is 0.478 e. The van der Waals surface area contributed by atoms with E-state index in [0.29, 0.717) is 25.5 Å². The van der Waals surface area contributed by atoms with Crippen LogP contribution in [0.4, 0.5) is 0 Å². The van der Waals surface area contributed by atoms with Gasteiger partial charge in [0.1, 0.15) is 0 Å². The molecule has 0 amide bonds. The second-order valence-corrected chi connectivity index (χ2v) is 5.69. The number of ether oxygens (including phenoxy) is 1. The van der Waals surface area contributed by atoms with Crippen LogP contribution in [0.25, 0.3) is 0 Å². The number of aromatic nitrogens is 1. The van der Waals surface area contributed by atoms with Gasteiger partial charge in [0.15, 0.2) is 11.7 Å². The first-order valence-electron chi connectivity index (χ1n) is 8.10. The van der Waals surface area contributed by atoms with E-state index in [1.807, 2.05) is 18.2 Å². The topological polar surface area (TPSA) is 114 Å². The highest BCUT2D eigenvalue weighted by Gasteiger charge is 2.11. The van der Waals surface area contributed by atoms with Crippen LogP contribution in [0, 0.1) is 5.41 Å². The Morgan fingerprint density at radius 1 is 1.15 bits per heavy atom. The van der Waals surface area contributed by atoms with E-state index in [9.17, 15) is 0 Å². The summed E-state index contributed by atoms with van der Waals surface area (Å²) in [4.78, 5) is 11.0. The first kappa shape index (κ1) is 26.9. The summed E-state index contributed by atoms with van der Waals surface area (Å²) < 4.78 is 5.65. The van der Waals surface area contributed by atoms with Gasteiger partial charge in [0, 0.05) is 25.6 Å². The first-order valence-corrected chi connectivity index (χ1v) is 8.10. The number of nitrogens with one attached hydrogen (secondary N) is 1. The van der Waals surface area contributed by atoms with Gasteiger partial charge in [-0.05, 0) is 32.0 Å². The minimum absolute atomic E-state index is 0. The maximum absolute atomic E-state index is 7.12. The zero-order valence-corrected chi connectivity index (χ0v) is 17.2. The van der Waals surface area contributed by atoms with Gasteiger partial charge in [-0.25, -0.2) is 4.98 Å². The number of halogens is 3. The highest BCUT2D eigenvalue weighted by Crippen LogP contribution is 2.14. The van der Waals surface area contributed by atoms with Crippen molar-refractivity contribution in [2.24, 2.45) is 16.5 Å². The van der Waals surface area contributed by atoms with Gasteiger partial charge in [0.2, 0.25) is 5.88 Å². The molecule has 1 aliphatic heterocycles. The Balaban J connectivity index is 0. The summed E-state index contributed by atoms with van der Waals surface area (Å²) >= 11 is 0. The number of rotatable bonds is 7. The molecule has 2 heterocycles. The van der Waals surface area contributed by atoms with E-state index in [1.54, 1.807) is 0 Å². The maximum atomic E-state index is 7.12. The van der Waals surface area contributed by atoms with Gasteiger partial charge in [-0.2, -0.15) is 0 Å². The zero-order valence-electron chi connectivity index (χ0n) is 14.7. The maximum Gasteiger partial charge on any atom is 0.213 e. The monoisotopic (exact) mass is 426 g/mol. The predicted molar refractivity (Wildman–Crippen MR) is 114 cm³/mol. The number of nitrogens with two attached hydrogens (primary N) is 2. The van der Waals surface area contributed by atoms with Crippen molar-refractivity contribution in [3.63, 3.8) is 0 Å². The minimum atomic E-state index is -0.196. The SMILES string of the molecule is Cl.Cl.Cl.N=C(N)C(N)=NCCCOc1cccc(CN2CCCCC2)n1. The summed E-state index contributed by atoms with van der Waals surface area (Å²) in [6.07, 6.45) is 4.59. The Morgan fingerprint density at radius 2 is 1.85 bits per heavy atom. The highest BCUT2D eigenvalue weighted by atomic mass is 35.5. The molecule has 26 heavy (non-hydrogen) atoms. The fourth-order valence-corrected chi connectivity index (χ4v) is 2.50. The third-order valence-corrected chi connectivity index (χ3v) is 3.73. The zero-order chi connectivity index (χ0) is 16.5. The molecule has 0 bridgehead atoms. The van der Waals surface area contributed by atoms with E-state index in [0.717, 1.165) is 25.3 Å². The van der Waals surface area contributed by atoms with Crippen LogP contribution in [-0.4, -0.2) is 47.8 Å². The van der Waals surface area contributed by atoms with Gasteiger partial charge in [0.25, 0.3) is 0 Å². The van der Waals surface area contributed by atoms with Crippen molar-refractivity contribution < 1.29 is 4.74 Å². The van der Waals surface area contributed by atoms with Gasteiger partial charge in [0.05, 0.1) is 12.3 Å². The Labute approximate surface area is 173 Å². The lowest BCUT2D eigenvalue weighted by Gasteiger charge is -2.25. The van der Waals surface area contributed by atoms with E-state index in [2.05, 4.69) is 14.9 Å². The number of likely N-dealkylation sites (tertiary alicyclic amines) is 1. The van der Waals surface area contributed by atoms with Crippen molar-refractivity contribution in [3.05, 3.63) is 23.9 Å². The van der Waals surface area contributed by atoms with Crippen LogP contribution in [0.2, 0.25) is 0 Å². The van der Waals surface area contributed by atoms with E-state index in [4.69, 9.17) is 21.6 Å². The lowest BCUT2D eigenvalue weighted by atomic mass is 10.1. The minimum Gasteiger partial charge on any atom is -0.478 e. The van der Waals surface area contributed by atoms with Gasteiger partial charge < -0.3 is 16.2 Å². The van der Waals surface area contributed by atoms with Crippen molar-refractivity contribution in [1.29, 1.82) is 5.41 Å². The molecule has 1 aromatic heterocycles. The van der Waals surface area contributed by atoms with Crippen LogP contribution in [-0.2, 0) is 6.54 Å². The molecule has 1 aliphatic rings. The average molecular weight is 428 g/mol. The molecule has 0 aromatic carbocycles. The first-order chi connectivity index (χ1) is 11.1.